The number of esters is 2. The lowest BCUT2D eigenvalue weighted by Gasteiger charge is -2.05. The molecule has 0 saturated carbocycles. The molecule has 0 bridgehead atoms. The van der Waals surface area contributed by atoms with Crippen LogP contribution in [0.2, 0.25) is 0 Å². The van der Waals surface area contributed by atoms with Gasteiger partial charge in [-0.25, -0.2) is 4.98 Å². The van der Waals surface area contributed by atoms with E-state index in [-0.39, 0.29) is 25.4 Å². The number of hydrogen-bond acceptors (Lipinski definition) is 8. The second-order valence-corrected chi connectivity index (χ2v) is 7.27. The molecule has 0 saturated heterocycles. The van der Waals surface area contributed by atoms with Crippen molar-refractivity contribution >= 4 is 46.1 Å². The Kier molecular flexibility index (Phi) is 8.79. The van der Waals surface area contributed by atoms with Crippen LogP contribution >= 0.6 is 23.1 Å². The molecule has 1 aromatic carbocycles. The average Bonchev–Trinajstić information content (AvgIpc) is 3.07. The van der Waals surface area contributed by atoms with E-state index < -0.39 is 11.9 Å². The summed E-state index contributed by atoms with van der Waals surface area (Å²) in [5.41, 5.74) is 0.517. The highest BCUT2D eigenvalue weighted by atomic mass is 32.2. The van der Waals surface area contributed by atoms with Gasteiger partial charge in [-0.2, -0.15) is 0 Å². The summed E-state index contributed by atoms with van der Waals surface area (Å²) in [4.78, 5) is 40.1. The van der Waals surface area contributed by atoms with Crippen LogP contribution in [0.5, 0.6) is 0 Å². The molecule has 1 heterocycles. The van der Waals surface area contributed by atoms with Crippen LogP contribution in [0.15, 0.2) is 40.6 Å². The van der Waals surface area contributed by atoms with Gasteiger partial charge in [0.15, 0.2) is 11.7 Å². The van der Waals surface area contributed by atoms with Gasteiger partial charge in [0.1, 0.15) is 0 Å². The minimum absolute atomic E-state index is 0.0499. The first-order chi connectivity index (χ1) is 13.1. The van der Waals surface area contributed by atoms with Gasteiger partial charge in [0, 0.05) is 16.0 Å². The SMILES string of the molecule is CCOC(=O)Cc1csc(NC(=O)COC(=O)CCSc2ccccc2)n1. The predicted molar refractivity (Wildman–Crippen MR) is 104 cm³/mol. The summed E-state index contributed by atoms with van der Waals surface area (Å²) in [7, 11) is 0. The van der Waals surface area contributed by atoms with Crippen LogP contribution in [-0.4, -0.2) is 41.8 Å². The second kappa shape index (κ2) is 11.3. The van der Waals surface area contributed by atoms with Crippen molar-refractivity contribution in [3.8, 4) is 0 Å². The molecular weight excluding hydrogens is 388 g/mol. The zero-order valence-electron chi connectivity index (χ0n) is 14.8. The molecular formula is C18H20N2O5S2. The molecule has 7 nitrogen and oxygen atoms in total. The van der Waals surface area contributed by atoms with E-state index in [9.17, 15) is 14.4 Å². The Hall–Kier alpha value is -2.39. The first-order valence-corrected chi connectivity index (χ1v) is 10.2. The monoisotopic (exact) mass is 408 g/mol. The van der Waals surface area contributed by atoms with Crippen molar-refractivity contribution in [2.75, 3.05) is 24.3 Å². The summed E-state index contributed by atoms with van der Waals surface area (Å²) in [5, 5.41) is 4.55. The van der Waals surface area contributed by atoms with Gasteiger partial charge in [-0.05, 0) is 19.1 Å². The molecule has 2 rings (SSSR count). The fourth-order valence-electron chi connectivity index (χ4n) is 1.95. The topological polar surface area (TPSA) is 94.6 Å². The minimum atomic E-state index is -0.476. The minimum Gasteiger partial charge on any atom is -0.466 e. The van der Waals surface area contributed by atoms with Crippen LogP contribution in [0.1, 0.15) is 19.0 Å². The van der Waals surface area contributed by atoms with Crippen molar-refractivity contribution in [1.82, 2.24) is 4.98 Å². The van der Waals surface area contributed by atoms with E-state index in [0.29, 0.717) is 23.2 Å². The molecule has 2 aromatic rings. The first kappa shape index (κ1) is 20.9. The Morgan fingerprint density at radius 2 is 1.93 bits per heavy atom. The van der Waals surface area contributed by atoms with Crippen molar-refractivity contribution in [3.05, 3.63) is 41.4 Å². The maximum Gasteiger partial charge on any atom is 0.311 e. The van der Waals surface area contributed by atoms with Crippen molar-refractivity contribution in [3.63, 3.8) is 0 Å². The number of hydrogen-bond donors (Lipinski definition) is 1. The molecule has 0 spiro atoms. The van der Waals surface area contributed by atoms with Gasteiger partial charge in [-0.3, -0.25) is 19.7 Å². The number of carbonyl (C=O) groups excluding carboxylic acids is 3. The molecule has 1 amide bonds. The average molecular weight is 409 g/mol. The molecule has 0 atom stereocenters. The first-order valence-electron chi connectivity index (χ1n) is 8.30. The zero-order valence-corrected chi connectivity index (χ0v) is 16.4. The number of ether oxygens (including phenoxy) is 2. The number of nitrogens with zero attached hydrogens (tertiary/aromatic N) is 1. The number of carbonyl (C=O) groups is 3. The van der Waals surface area contributed by atoms with E-state index in [0.717, 1.165) is 4.90 Å². The standard InChI is InChI=1S/C18H20N2O5S2/c1-2-24-17(23)10-13-12-27-18(19-13)20-15(21)11-25-16(22)8-9-26-14-6-4-3-5-7-14/h3-7,12H,2,8-11H2,1H3,(H,19,20,21). The Morgan fingerprint density at radius 3 is 2.67 bits per heavy atom. The van der Waals surface area contributed by atoms with E-state index in [2.05, 4.69) is 10.3 Å². The molecule has 0 aliphatic rings. The molecule has 0 fully saturated rings. The highest BCUT2D eigenvalue weighted by Gasteiger charge is 2.12. The Bertz CT molecular complexity index is 764. The number of thiazole rings is 1. The molecule has 1 N–H and O–H groups in total. The lowest BCUT2D eigenvalue weighted by molar-refractivity contribution is -0.146. The molecule has 27 heavy (non-hydrogen) atoms. The number of rotatable bonds is 10. The van der Waals surface area contributed by atoms with Gasteiger partial charge in [-0.15, -0.1) is 23.1 Å². The smallest absolute Gasteiger partial charge is 0.311 e. The van der Waals surface area contributed by atoms with Crippen molar-refractivity contribution < 1.29 is 23.9 Å². The summed E-state index contributed by atoms with van der Waals surface area (Å²) >= 11 is 2.74. The zero-order chi connectivity index (χ0) is 19.5. The lowest BCUT2D eigenvalue weighted by Crippen LogP contribution is -2.21. The third kappa shape index (κ3) is 8.23. The van der Waals surface area contributed by atoms with Gasteiger partial charge in [0.2, 0.25) is 0 Å². The Balaban J connectivity index is 1.64. The normalized spacial score (nSPS) is 10.3. The van der Waals surface area contributed by atoms with Crippen LogP contribution in [0.3, 0.4) is 0 Å². The highest BCUT2D eigenvalue weighted by Crippen LogP contribution is 2.18. The molecule has 0 radical (unpaired) electrons. The Labute approximate surface area is 165 Å². The van der Waals surface area contributed by atoms with Crippen molar-refractivity contribution in [2.24, 2.45) is 0 Å². The van der Waals surface area contributed by atoms with Crippen LogP contribution < -0.4 is 5.32 Å². The van der Waals surface area contributed by atoms with Crippen LogP contribution in [0, 0.1) is 0 Å². The molecule has 9 heteroatoms. The van der Waals surface area contributed by atoms with E-state index in [1.807, 2.05) is 30.3 Å². The fourth-order valence-corrected chi connectivity index (χ4v) is 3.53. The van der Waals surface area contributed by atoms with E-state index in [4.69, 9.17) is 9.47 Å². The highest BCUT2D eigenvalue weighted by molar-refractivity contribution is 7.99. The molecule has 144 valence electrons. The van der Waals surface area contributed by atoms with Crippen molar-refractivity contribution in [1.29, 1.82) is 0 Å². The largest absolute Gasteiger partial charge is 0.466 e. The van der Waals surface area contributed by atoms with Gasteiger partial charge in [0.25, 0.3) is 5.91 Å². The van der Waals surface area contributed by atoms with Gasteiger partial charge < -0.3 is 9.47 Å². The van der Waals surface area contributed by atoms with E-state index in [1.54, 1.807) is 24.1 Å². The summed E-state index contributed by atoms with van der Waals surface area (Å²) in [5.74, 6) is -0.705. The number of nitrogens with one attached hydrogen (secondary N) is 1. The van der Waals surface area contributed by atoms with E-state index >= 15 is 0 Å². The van der Waals surface area contributed by atoms with Gasteiger partial charge >= 0.3 is 11.9 Å². The summed E-state index contributed by atoms with van der Waals surface area (Å²) in [6, 6.07) is 9.73. The van der Waals surface area contributed by atoms with Gasteiger partial charge in [-0.1, -0.05) is 18.2 Å². The predicted octanol–water partition coefficient (Wildman–Crippen LogP) is 2.91. The van der Waals surface area contributed by atoms with Gasteiger partial charge in [0.05, 0.1) is 25.1 Å². The van der Waals surface area contributed by atoms with Crippen LogP contribution in [0.4, 0.5) is 5.13 Å². The number of benzene rings is 1. The maximum atomic E-state index is 11.8. The lowest BCUT2D eigenvalue weighted by atomic mass is 10.3. The molecule has 0 aliphatic carbocycles. The summed E-state index contributed by atoms with van der Waals surface area (Å²) < 4.78 is 9.80. The van der Waals surface area contributed by atoms with Crippen molar-refractivity contribution in [2.45, 2.75) is 24.7 Å². The molecule has 1 aromatic heterocycles. The number of anilines is 1. The summed E-state index contributed by atoms with van der Waals surface area (Å²) in [6.07, 6.45) is 0.266. The third-order valence-electron chi connectivity index (χ3n) is 3.11. The quantitative estimate of drug-likeness (QED) is 0.477. The number of aromatic nitrogens is 1. The van der Waals surface area contributed by atoms with Crippen LogP contribution in [-0.2, 0) is 30.3 Å². The van der Waals surface area contributed by atoms with E-state index in [1.165, 1.54) is 11.3 Å². The Morgan fingerprint density at radius 1 is 1.15 bits per heavy atom. The van der Waals surface area contributed by atoms with Crippen LogP contribution in [0.25, 0.3) is 0 Å². The number of thioether (sulfide) groups is 1. The summed E-state index contributed by atoms with van der Waals surface area (Å²) in [6.45, 7) is 1.66. The number of amides is 1. The maximum absolute atomic E-state index is 11.8. The molecule has 0 aliphatic heterocycles. The molecule has 0 unspecified atom stereocenters. The fraction of sp³-hybridized carbons (Fsp3) is 0.333. The second-order valence-electron chi connectivity index (χ2n) is 5.25. The third-order valence-corrected chi connectivity index (χ3v) is 4.93.